The summed E-state index contributed by atoms with van der Waals surface area (Å²) in [4.78, 5) is 12.3. The Kier molecular flexibility index (Phi) is 8.30. The van der Waals surface area contributed by atoms with Gasteiger partial charge in [-0.25, -0.2) is 4.79 Å². The molecule has 3 heteroatoms. The molecule has 2 aromatic carbocycles. The molecule has 1 aliphatic rings. The van der Waals surface area contributed by atoms with Gasteiger partial charge in [-0.3, -0.25) is 0 Å². The van der Waals surface area contributed by atoms with Crippen LogP contribution in [0.1, 0.15) is 91.8 Å². The normalized spacial score (nSPS) is 20.2. The maximum Gasteiger partial charge on any atom is 0.338 e. The van der Waals surface area contributed by atoms with Gasteiger partial charge in [-0.2, -0.15) is 0 Å². The summed E-state index contributed by atoms with van der Waals surface area (Å²) in [5, 5.41) is 10.1. The van der Waals surface area contributed by atoms with E-state index in [2.05, 4.69) is 19.1 Å². The fourth-order valence-corrected chi connectivity index (χ4v) is 4.37. The Morgan fingerprint density at radius 2 is 1.69 bits per heavy atom. The lowest BCUT2D eigenvalue weighted by Crippen LogP contribution is -2.14. The van der Waals surface area contributed by atoms with E-state index in [-0.39, 0.29) is 12.6 Å². The number of hydrogen-bond acceptors (Lipinski definition) is 3. The summed E-state index contributed by atoms with van der Waals surface area (Å²) in [6, 6.07) is 17.1. The molecular weight excluding hydrogens is 360 g/mol. The highest BCUT2D eigenvalue weighted by Gasteiger charge is 2.22. The number of carbonyl (C=O) groups excluding carboxylic acids is 1. The Labute approximate surface area is 175 Å². The van der Waals surface area contributed by atoms with Gasteiger partial charge in [0, 0.05) is 0 Å². The number of rotatable bonds is 9. The van der Waals surface area contributed by atoms with Crippen molar-refractivity contribution in [1.29, 1.82) is 0 Å². The van der Waals surface area contributed by atoms with Crippen LogP contribution in [0, 0.1) is 5.92 Å². The molecule has 2 aromatic rings. The standard InChI is InChI=1S/C26H34O3/c1-2-3-5-8-20-11-13-21(14-12-20)22-15-17-24(18-16-22)26(28)29-19-25(27)23-9-6-4-7-10-23/h4,6-7,9-10,15-18,20-21,25,27H,2-3,5,8,11-14,19H2,1H3. The predicted molar refractivity (Wildman–Crippen MR) is 117 cm³/mol. The topological polar surface area (TPSA) is 46.5 Å². The van der Waals surface area contributed by atoms with Crippen molar-refractivity contribution in [2.75, 3.05) is 6.61 Å². The van der Waals surface area contributed by atoms with Gasteiger partial charge in [-0.05, 0) is 60.8 Å². The first kappa shape index (κ1) is 21.6. The van der Waals surface area contributed by atoms with E-state index in [1.165, 1.54) is 56.9 Å². The SMILES string of the molecule is CCCCCC1CCC(c2ccc(C(=O)OCC(O)c3ccccc3)cc2)CC1. The van der Waals surface area contributed by atoms with Gasteiger partial charge >= 0.3 is 5.97 Å². The lowest BCUT2D eigenvalue weighted by Gasteiger charge is -2.29. The molecule has 3 rings (SSSR count). The van der Waals surface area contributed by atoms with Crippen molar-refractivity contribution >= 4 is 5.97 Å². The Balaban J connectivity index is 1.45. The first-order valence-electron chi connectivity index (χ1n) is 11.2. The minimum atomic E-state index is -0.799. The number of aliphatic hydroxyl groups is 1. The number of aliphatic hydroxyl groups excluding tert-OH is 1. The van der Waals surface area contributed by atoms with Crippen molar-refractivity contribution < 1.29 is 14.6 Å². The van der Waals surface area contributed by atoms with Crippen molar-refractivity contribution in [1.82, 2.24) is 0 Å². The molecule has 3 nitrogen and oxygen atoms in total. The van der Waals surface area contributed by atoms with Gasteiger partial charge in [0.2, 0.25) is 0 Å². The van der Waals surface area contributed by atoms with E-state index < -0.39 is 6.10 Å². The maximum atomic E-state index is 12.3. The molecule has 156 valence electrons. The quantitative estimate of drug-likeness (QED) is 0.394. The number of ether oxygens (including phenoxy) is 1. The number of carbonyl (C=O) groups is 1. The van der Waals surface area contributed by atoms with Crippen LogP contribution in [0.4, 0.5) is 0 Å². The minimum Gasteiger partial charge on any atom is -0.459 e. The van der Waals surface area contributed by atoms with Gasteiger partial charge in [0.15, 0.2) is 0 Å². The molecule has 1 aliphatic carbocycles. The molecule has 0 aromatic heterocycles. The van der Waals surface area contributed by atoms with E-state index >= 15 is 0 Å². The van der Waals surface area contributed by atoms with Crippen LogP contribution in [0.3, 0.4) is 0 Å². The molecule has 1 saturated carbocycles. The van der Waals surface area contributed by atoms with Gasteiger partial charge in [0.25, 0.3) is 0 Å². The Hall–Kier alpha value is -2.13. The predicted octanol–water partition coefficient (Wildman–Crippen LogP) is 6.43. The van der Waals surface area contributed by atoms with Gasteiger partial charge < -0.3 is 9.84 Å². The zero-order valence-electron chi connectivity index (χ0n) is 17.6. The number of esters is 1. The van der Waals surface area contributed by atoms with Crippen LogP contribution in [0.2, 0.25) is 0 Å². The third-order valence-corrected chi connectivity index (χ3v) is 6.24. The summed E-state index contributed by atoms with van der Waals surface area (Å²) in [5.74, 6) is 1.14. The molecule has 0 radical (unpaired) electrons. The van der Waals surface area contributed by atoms with E-state index in [9.17, 15) is 9.90 Å². The molecule has 1 atom stereocenters. The summed E-state index contributed by atoms with van der Waals surface area (Å²) in [6.07, 6.45) is 9.79. The highest BCUT2D eigenvalue weighted by molar-refractivity contribution is 5.89. The van der Waals surface area contributed by atoms with E-state index in [1.54, 1.807) is 0 Å². The Morgan fingerprint density at radius 3 is 2.34 bits per heavy atom. The highest BCUT2D eigenvalue weighted by atomic mass is 16.5. The average Bonchev–Trinajstić information content (AvgIpc) is 2.78. The maximum absolute atomic E-state index is 12.3. The van der Waals surface area contributed by atoms with Crippen LogP contribution in [-0.2, 0) is 4.74 Å². The van der Waals surface area contributed by atoms with Crippen LogP contribution in [0.5, 0.6) is 0 Å². The van der Waals surface area contributed by atoms with Crippen LogP contribution in [0.15, 0.2) is 54.6 Å². The number of benzene rings is 2. The second kappa shape index (κ2) is 11.2. The van der Waals surface area contributed by atoms with Crippen molar-refractivity contribution in [2.24, 2.45) is 5.92 Å². The van der Waals surface area contributed by atoms with Crippen LogP contribution >= 0.6 is 0 Å². The fourth-order valence-electron chi connectivity index (χ4n) is 4.37. The van der Waals surface area contributed by atoms with Crippen LogP contribution in [0.25, 0.3) is 0 Å². The molecule has 0 spiro atoms. The highest BCUT2D eigenvalue weighted by Crippen LogP contribution is 2.37. The van der Waals surface area contributed by atoms with Crippen LogP contribution in [-0.4, -0.2) is 17.7 Å². The van der Waals surface area contributed by atoms with E-state index in [0.717, 1.165) is 11.5 Å². The van der Waals surface area contributed by atoms with Gasteiger partial charge in [0.05, 0.1) is 5.56 Å². The van der Waals surface area contributed by atoms with Crippen molar-refractivity contribution in [3.8, 4) is 0 Å². The summed E-state index contributed by atoms with van der Waals surface area (Å²) in [6.45, 7) is 2.23. The van der Waals surface area contributed by atoms with Gasteiger partial charge in [-0.1, -0.05) is 75.1 Å². The molecule has 0 amide bonds. The molecule has 1 fully saturated rings. The number of hydrogen-bond donors (Lipinski definition) is 1. The van der Waals surface area contributed by atoms with Gasteiger partial charge in [0.1, 0.15) is 12.7 Å². The summed E-state index contributed by atoms with van der Waals surface area (Å²) in [7, 11) is 0. The average molecular weight is 395 g/mol. The van der Waals surface area contributed by atoms with E-state index in [4.69, 9.17) is 4.74 Å². The Morgan fingerprint density at radius 1 is 1.00 bits per heavy atom. The minimum absolute atomic E-state index is 0.0351. The second-order valence-electron chi connectivity index (χ2n) is 8.36. The Bertz CT molecular complexity index is 730. The van der Waals surface area contributed by atoms with Gasteiger partial charge in [-0.15, -0.1) is 0 Å². The molecule has 0 bridgehead atoms. The van der Waals surface area contributed by atoms with E-state index in [1.807, 2.05) is 42.5 Å². The summed E-state index contributed by atoms with van der Waals surface area (Å²) < 4.78 is 5.30. The summed E-state index contributed by atoms with van der Waals surface area (Å²) in [5.41, 5.74) is 2.63. The van der Waals surface area contributed by atoms with Crippen molar-refractivity contribution in [3.63, 3.8) is 0 Å². The molecular formula is C26H34O3. The molecule has 29 heavy (non-hydrogen) atoms. The third kappa shape index (κ3) is 6.43. The smallest absolute Gasteiger partial charge is 0.338 e. The monoisotopic (exact) mass is 394 g/mol. The first-order chi connectivity index (χ1) is 14.2. The van der Waals surface area contributed by atoms with Crippen LogP contribution < -0.4 is 0 Å². The lowest BCUT2D eigenvalue weighted by atomic mass is 9.77. The number of unbranched alkanes of at least 4 members (excludes halogenated alkanes) is 2. The fraction of sp³-hybridized carbons (Fsp3) is 0.500. The zero-order valence-corrected chi connectivity index (χ0v) is 17.6. The largest absolute Gasteiger partial charge is 0.459 e. The molecule has 0 heterocycles. The lowest BCUT2D eigenvalue weighted by molar-refractivity contribution is 0.0254. The molecule has 0 aliphatic heterocycles. The molecule has 1 N–H and O–H groups in total. The second-order valence-corrected chi connectivity index (χ2v) is 8.36. The van der Waals surface area contributed by atoms with Crippen molar-refractivity contribution in [3.05, 3.63) is 71.3 Å². The molecule has 0 saturated heterocycles. The van der Waals surface area contributed by atoms with E-state index in [0.29, 0.717) is 11.5 Å². The third-order valence-electron chi connectivity index (χ3n) is 6.24. The van der Waals surface area contributed by atoms with Crippen molar-refractivity contribution in [2.45, 2.75) is 70.3 Å². The first-order valence-corrected chi connectivity index (χ1v) is 11.2. The zero-order chi connectivity index (χ0) is 20.5. The summed E-state index contributed by atoms with van der Waals surface area (Å²) >= 11 is 0. The molecule has 1 unspecified atom stereocenters.